The first-order valence-corrected chi connectivity index (χ1v) is 7.28. The number of carboxylic acid groups (broad SMARTS) is 2. The van der Waals surface area contributed by atoms with Gasteiger partial charge in [-0.25, -0.2) is 0 Å². The zero-order valence-corrected chi connectivity index (χ0v) is 11.6. The number of hydrogen-bond acceptors (Lipinski definition) is 5. The molecule has 116 valence electrons. The van der Waals surface area contributed by atoms with E-state index in [2.05, 4.69) is 4.72 Å². The lowest BCUT2D eigenvalue weighted by atomic mass is 10.2. The largest absolute Gasteiger partial charge is 0.481 e. The molecule has 1 aromatic rings. The third-order valence-electron chi connectivity index (χ3n) is 2.38. The predicted octanol–water partition coefficient (Wildman–Crippen LogP) is -0.167. The summed E-state index contributed by atoms with van der Waals surface area (Å²) in [6.45, 7) is 0. The summed E-state index contributed by atoms with van der Waals surface area (Å²) in [7, 11) is -4.17. The van der Waals surface area contributed by atoms with Crippen LogP contribution in [-0.4, -0.2) is 36.6 Å². The standard InChI is InChI=1S/C11H15N3O6S/c12-7-2-1-3-8(6-7)13-21(19,20)14-9(11(17)18)4-5-10(15)16/h1-3,6,9,13-14H,4-5,12H2,(H,15,16)(H,17,18)/t9-/m0/s1. The molecule has 0 aliphatic heterocycles. The average molecular weight is 317 g/mol. The van der Waals surface area contributed by atoms with Gasteiger partial charge in [-0.05, 0) is 24.6 Å². The fourth-order valence-electron chi connectivity index (χ4n) is 1.47. The van der Waals surface area contributed by atoms with E-state index < -0.39 is 34.6 Å². The maximum atomic E-state index is 11.8. The van der Waals surface area contributed by atoms with Crippen molar-refractivity contribution in [2.45, 2.75) is 18.9 Å². The van der Waals surface area contributed by atoms with Gasteiger partial charge in [-0.1, -0.05) is 6.07 Å². The van der Waals surface area contributed by atoms with Crippen molar-refractivity contribution >= 4 is 33.5 Å². The van der Waals surface area contributed by atoms with Gasteiger partial charge in [-0.15, -0.1) is 0 Å². The Bertz CT molecular complexity index is 631. The van der Waals surface area contributed by atoms with Crippen molar-refractivity contribution in [3.8, 4) is 0 Å². The Kier molecular flexibility index (Phi) is 5.50. The molecule has 6 N–H and O–H groups in total. The lowest BCUT2D eigenvalue weighted by Crippen LogP contribution is -2.43. The van der Waals surface area contributed by atoms with Crippen molar-refractivity contribution in [2.75, 3.05) is 10.5 Å². The van der Waals surface area contributed by atoms with E-state index in [0.29, 0.717) is 5.69 Å². The van der Waals surface area contributed by atoms with Crippen LogP contribution in [0.5, 0.6) is 0 Å². The Morgan fingerprint density at radius 3 is 2.48 bits per heavy atom. The molecule has 0 saturated carbocycles. The molecule has 10 heteroatoms. The van der Waals surface area contributed by atoms with Gasteiger partial charge in [0.25, 0.3) is 10.2 Å². The highest BCUT2D eigenvalue weighted by Gasteiger charge is 2.24. The van der Waals surface area contributed by atoms with Gasteiger partial charge in [-0.3, -0.25) is 14.3 Å². The molecule has 1 rings (SSSR count). The molecule has 1 atom stereocenters. The topological polar surface area (TPSA) is 159 Å². The third-order valence-corrected chi connectivity index (χ3v) is 3.48. The number of hydrogen-bond donors (Lipinski definition) is 5. The molecule has 0 aliphatic carbocycles. The minimum atomic E-state index is -4.17. The second-order valence-corrected chi connectivity index (χ2v) is 5.62. The van der Waals surface area contributed by atoms with Gasteiger partial charge < -0.3 is 15.9 Å². The van der Waals surface area contributed by atoms with Crippen molar-refractivity contribution in [1.29, 1.82) is 0 Å². The SMILES string of the molecule is Nc1cccc(NS(=O)(=O)N[C@@H](CCC(=O)O)C(=O)O)c1. The monoisotopic (exact) mass is 317 g/mol. The summed E-state index contributed by atoms with van der Waals surface area (Å²) in [5.74, 6) is -2.68. The fourth-order valence-corrected chi connectivity index (χ4v) is 2.56. The van der Waals surface area contributed by atoms with Crippen LogP contribution in [0, 0.1) is 0 Å². The quantitative estimate of drug-likeness (QED) is 0.416. The summed E-state index contributed by atoms with van der Waals surface area (Å²) in [4.78, 5) is 21.3. The highest BCUT2D eigenvalue weighted by Crippen LogP contribution is 2.13. The smallest absolute Gasteiger partial charge is 0.321 e. The van der Waals surface area contributed by atoms with Gasteiger partial charge >= 0.3 is 11.9 Å². The van der Waals surface area contributed by atoms with Gasteiger partial charge in [0.1, 0.15) is 6.04 Å². The van der Waals surface area contributed by atoms with Crippen LogP contribution >= 0.6 is 0 Å². The molecule has 0 unspecified atom stereocenters. The molecular weight excluding hydrogens is 302 g/mol. The molecule has 0 aromatic heterocycles. The maximum absolute atomic E-state index is 11.8. The van der Waals surface area contributed by atoms with E-state index in [1.54, 1.807) is 6.07 Å². The van der Waals surface area contributed by atoms with E-state index in [1.807, 2.05) is 4.72 Å². The molecular formula is C11H15N3O6S. The molecule has 9 nitrogen and oxygen atoms in total. The van der Waals surface area contributed by atoms with Crippen molar-refractivity contribution in [2.24, 2.45) is 0 Å². The zero-order valence-electron chi connectivity index (χ0n) is 10.8. The Morgan fingerprint density at radius 1 is 1.29 bits per heavy atom. The molecule has 0 heterocycles. The van der Waals surface area contributed by atoms with Crippen LogP contribution in [0.3, 0.4) is 0 Å². The third kappa shape index (κ3) is 6.10. The highest BCUT2D eigenvalue weighted by molar-refractivity contribution is 7.90. The number of rotatable bonds is 8. The summed E-state index contributed by atoms with van der Waals surface area (Å²) in [6.07, 6.45) is -0.847. The summed E-state index contributed by atoms with van der Waals surface area (Å²) < 4.78 is 27.6. The van der Waals surface area contributed by atoms with Gasteiger partial charge in [0.2, 0.25) is 0 Å². The van der Waals surface area contributed by atoms with Crippen LogP contribution in [0.15, 0.2) is 24.3 Å². The number of nitrogens with one attached hydrogen (secondary N) is 2. The minimum Gasteiger partial charge on any atom is -0.481 e. The van der Waals surface area contributed by atoms with E-state index in [4.69, 9.17) is 15.9 Å². The molecule has 0 bridgehead atoms. The van der Waals surface area contributed by atoms with Gasteiger partial charge in [0, 0.05) is 12.1 Å². The number of nitrogen functional groups attached to an aromatic ring is 1. The highest BCUT2D eigenvalue weighted by atomic mass is 32.2. The fraction of sp³-hybridized carbons (Fsp3) is 0.273. The molecule has 0 spiro atoms. The number of carbonyl (C=O) groups is 2. The summed E-state index contributed by atoms with van der Waals surface area (Å²) in [5, 5.41) is 17.4. The van der Waals surface area contributed by atoms with Crippen LogP contribution in [0.1, 0.15) is 12.8 Å². The number of benzene rings is 1. The van der Waals surface area contributed by atoms with Gasteiger partial charge in [0.15, 0.2) is 0 Å². The van der Waals surface area contributed by atoms with E-state index in [1.165, 1.54) is 18.2 Å². The molecule has 21 heavy (non-hydrogen) atoms. The number of anilines is 2. The first-order valence-electron chi connectivity index (χ1n) is 5.80. The van der Waals surface area contributed by atoms with Crippen LogP contribution in [-0.2, 0) is 19.8 Å². The Labute approximate surface area is 121 Å². The first kappa shape index (κ1) is 16.7. The molecule has 0 saturated heterocycles. The number of aliphatic carboxylic acids is 2. The van der Waals surface area contributed by atoms with Crippen LogP contribution in [0.2, 0.25) is 0 Å². The molecule has 0 aliphatic rings. The first-order chi connectivity index (χ1) is 9.69. The number of carboxylic acids is 2. The molecule has 0 amide bonds. The van der Waals surface area contributed by atoms with Crippen molar-refractivity contribution in [3.63, 3.8) is 0 Å². The van der Waals surface area contributed by atoms with Crippen molar-refractivity contribution in [1.82, 2.24) is 4.72 Å². The number of nitrogens with two attached hydrogens (primary N) is 1. The van der Waals surface area contributed by atoms with E-state index in [9.17, 15) is 18.0 Å². The van der Waals surface area contributed by atoms with E-state index in [-0.39, 0.29) is 12.1 Å². The summed E-state index contributed by atoms with van der Waals surface area (Å²) in [6, 6.07) is 4.32. The van der Waals surface area contributed by atoms with Crippen LogP contribution in [0.25, 0.3) is 0 Å². The Balaban J connectivity index is 2.76. The second kappa shape index (κ2) is 6.90. The normalized spacial score (nSPS) is 12.6. The maximum Gasteiger partial charge on any atom is 0.321 e. The second-order valence-electron chi connectivity index (χ2n) is 4.17. The minimum absolute atomic E-state index is 0.157. The van der Waals surface area contributed by atoms with Crippen LogP contribution < -0.4 is 15.2 Å². The zero-order chi connectivity index (χ0) is 16.0. The Morgan fingerprint density at radius 2 is 1.95 bits per heavy atom. The Hall–Kier alpha value is -2.33. The molecule has 0 fully saturated rings. The van der Waals surface area contributed by atoms with Crippen molar-refractivity contribution < 1.29 is 28.2 Å². The average Bonchev–Trinajstić information content (AvgIpc) is 2.33. The predicted molar refractivity (Wildman–Crippen MR) is 74.8 cm³/mol. The van der Waals surface area contributed by atoms with Crippen molar-refractivity contribution in [3.05, 3.63) is 24.3 Å². The van der Waals surface area contributed by atoms with Gasteiger partial charge in [0.05, 0.1) is 5.69 Å². The van der Waals surface area contributed by atoms with Crippen LogP contribution in [0.4, 0.5) is 11.4 Å². The van der Waals surface area contributed by atoms with Gasteiger partial charge in [-0.2, -0.15) is 13.1 Å². The van der Waals surface area contributed by atoms with E-state index >= 15 is 0 Å². The summed E-state index contributed by atoms with van der Waals surface area (Å²) in [5.41, 5.74) is 5.98. The summed E-state index contributed by atoms with van der Waals surface area (Å²) >= 11 is 0. The van der Waals surface area contributed by atoms with E-state index in [0.717, 1.165) is 0 Å². The molecule has 0 radical (unpaired) electrons. The molecule has 1 aromatic carbocycles. The lowest BCUT2D eigenvalue weighted by molar-refractivity contribution is -0.140. The lowest BCUT2D eigenvalue weighted by Gasteiger charge is -2.15.